The number of rotatable bonds is 5. The number of halogens is 3. The normalized spacial score (nSPS) is 19.9. The van der Waals surface area contributed by atoms with Crippen LogP contribution in [0.1, 0.15) is 49.1 Å². The molecule has 0 N–H and O–H groups in total. The van der Waals surface area contributed by atoms with Gasteiger partial charge in [-0.3, -0.25) is 4.39 Å². The third kappa shape index (κ3) is 4.60. The topological polar surface area (TPSA) is 23.8 Å². The van der Waals surface area contributed by atoms with Crippen molar-refractivity contribution in [3.8, 4) is 17.2 Å². The predicted octanol–water partition coefficient (Wildman–Crippen LogP) is 6.69. The van der Waals surface area contributed by atoms with Crippen LogP contribution in [-0.2, 0) is 0 Å². The van der Waals surface area contributed by atoms with E-state index in [1.807, 2.05) is 30.3 Å². The van der Waals surface area contributed by atoms with Gasteiger partial charge >= 0.3 is 0 Å². The van der Waals surface area contributed by atoms with E-state index >= 15 is 0 Å². The van der Waals surface area contributed by atoms with Crippen molar-refractivity contribution in [2.45, 2.75) is 38.0 Å². The minimum Gasteiger partial charge on any atom is -0.251 e. The summed E-state index contributed by atoms with van der Waals surface area (Å²) < 4.78 is 39.8. The third-order valence-corrected chi connectivity index (χ3v) is 5.33. The molecule has 0 amide bonds. The Hall–Kier alpha value is -2.54. The summed E-state index contributed by atoms with van der Waals surface area (Å²) in [6, 6.07) is 11.7. The summed E-state index contributed by atoms with van der Waals surface area (Å²) in [6.45, 7) is -0.300. The number of nitriles is 1. The molecule has 3 rings (SSSR count). The SMILES string of the molecule is N#Cc1c(F)cc(-c2ccc(C3CCC(/C=C/CCF)CC3)cc2)cc1F. The number of allylic oxidation sites excluding steroid dienone is 2. The molecule has 1 nitrogen and oxygen atoms in total. The minimum absolute atomic E-state index is 0.300. The zero-order chi connectivity index (χ0) is 19.2. The van der Waals surface area contributed by atoms with Gasteiger partial charge in [-0.15, -0.1) is 0 Å². The Bertz CT molecular complexity index is 818. The van der Waals surface area contributed by atoms with Crippen LogP contribution in [0.3, 0.4) is 0 Å². The summed E-state index contributed by atoms with van der Waals surface area (Å²) >= 11 is 0. The molecular formula is C23H22F3N. The number of nitrogens with zero attached hydrogens (tertiary/aromatic N) is 1. The van der Waals surface area contributed by atoms with Crippen molar-refractivity contribution in [1.29, 1.82) is 5.26 Å². The first kappa shape index (κ1) is 19.2. The maximum atomic E-state index is 13.8. The lowest BCUT2D eigenvalue weighted by atomic mass is 9.78. The fourth-order valence-corrected chi connectivity index (χ4v) is 3.79. The summed E-state index contributed by atoms with van der Waals surface area (Å²) in [7, 11) is 0. The highest BCUT2D eigenvalue weighted by Crippen LogP contribution is 2.37. The number of hydrogen-bond acceptors (Lipinski definition) is 1. The predicted molar refractivity (Wildman–Crippen MR) is 101 cm³/mol. The van der Waals surface area contributed by atoms with Crippen molar-refractivity contribution in [3.05, 3.63) is 71.3 Å². The van der Waals surface area contributed by atoms with Crippen molar-refractivity contribution in [3.63, 3.8) is 0 Å². The second-order valence-electron chi connectivity index (χ2n) is 7.07. The van der Waals surface area contributed by atoms with Gasteiger partial charge in [0, 0.05) is 0 Å². The highest BCUT2D eigenvalue weighted by molar-refractivity contribution is 5.65. The van der Waals surface area contributed by atoms with Crippen LogP contribution in [-0.4, -0.2) is 6.67 Å². The zero-order valence-electron chi connectivity index (χ0n) is 15.1. The van der Waals surface area contributed by atoms with Gasteiger partial charge in [0.25, 0.3) is 0 Å². The van der Waals surface area contributed by atoms with Gasteiger partial charge in [0.1, 0.15) is 23.3 Å². The molecule has 0 atom stereocenters. The fourth-order valence-electron chi connectivity index (χ4n) is 3.79. The van der Waals surface area contributed by atoms with Crippen LogP contribution in [0, 0.1) is 28.9 Å². The fraction of sp³-hybridized carbons (Fsp3) is 0.348. The summed E-state index contributed by atoms with van der Waals surface area (Å²) in [5.74, 6) is -0.651. The van der Waals surface area contributed by atoms with Gasteiger partial charge in [-0.2, -0.15) is 5.26 Å². The van der Waals surface area contributed by atoms with Gasteiger partial charge in [0.15, 0.2) is 0 Å². The molecule has 1 fully saturated rings. The molecule has 0 radical (unpaired) electrons. The second-order valence-corrected chi connectivity index (χ2v) is 7.07. The maximum absolute atomic E-state index is 13.8. The Morgan fingerprint density at radius 3 is 2.15 bits per heavy atom. The molecule has 0 aromatic heterocycles. The van der Waals surface area contributed by atoms with Crippen molar-refractivity contribution in [2.24, 2.45) is 5.92 Å². The van der Waals surface area contributed by atoms with Gasteiger partial charge < -0.3 is 0 Å². The quantitative estimate of drug-likeness (QED) is 0.538. The smallest absolute Gasteiger partial charge is 0.144 e. The molecular weight excluding hydrogens is 347 g/mol. The number of benzene rings is 2. The van der Waals surface area contributed by atoms with Crippen molar-refractivity contribution in [1.82, 2.24) is 0 Å². The van der Waals surface area contributed by atoms with E-state index in [4.69, 9.17) is 5.26 Å². The second kappa shape index (κ2) is 8.90. The number of hydrogen-bond donors (Lipinski definition) is 0. The molecule has 0 bridgehead atoms. The van der Waals surface area contributed by atoms with E-state index in [0.717, 1.165) is 31.2 Å². The van der Waals surface area contributed by atoms with Crippen LogP contribution in [0.25, 0.3) is 11.1 Å². The van der Waals surface area contributed by atoms with Crippen LogP contribution >= 0.6 is 0 Å². The Balaban J connectivity index is 1.67. The molecule has 0 spiro atoms. The molecule has 0 unspecified atom stereocenters. The molecule has 0 saturated heterocycles. The Morgan fingerprint density at radius 2 is 1.59 bits per heavy atom. The van der Waals surface area contributed by atoms with E-state index in [0.29, 0.717) is 23.8 Å². The average Bonchev–Trinajstić information content (AvgIpc) is 2.69. The first-order chi connectivity index (χ1) is 13.1. The average molecular weight is 369 g/mol. The van der Waals surface area contributed by atoms with Crippen LogP contribution in [0.2, 0.25) is 0 Å². The van der Waals surface area contributed by atoms with E-state index in [1.54, 1.807) is 6.07 Å². The molecule has 2 aromatic carbocycles. The summed E-state index contributed by atoms with van der Waals surface area (Å²) in [5, 5.41) is 8.77. The summed E-state index contributed by atoms with van der Waals surface area (Å²) in [5.41, 5.74) is 1.84. The maximum Gasteiger partial charge on any atom is 0.144 e. The lowest BCUT2D eigenvalue weighted by Crippen LogP contribution is -2.11. The summed E-state index contributed by atoms with van der Waals surface area (Å²) in [4.78, 5) is 0. The Labute approximate surface area is 158 Å². The lowest BCUT2D eigenvalue weighted by Gasteiger charge is -2.27. The molecule has 2 aromatic rings. The zero-order valence-corrected chi connectivity index (χ0v) is 15.1. The van der Waals surface area contributed by atoms with Gasteiger partial charge in [-0.05, 0) is 72.8 Å². The lowest BCUT2D eigenvalue weighted by molar-refractivity contribution is 0.375. The first-order valence-corrected chi connectivity index (χ1v) is 9.34. The van der Waals surface area contributed by atoms with Gasteiger partial charge in [0.2, 0.25) is 0 Å². The van der Waals surface area contributed by atoms with Gasteiger partial charge in [-0.1, -0.05) is 36.4 Å². The molecule has 1 aliphatic rings. The molecule has 1 saturated carbocycles. The molecule has 1 aliphatic carbocycles. The highest BCUT2D eigenvalue weighted by atomic mass is 19.1. The van der Waals surface area contributed by atoms with E-state index in [2.05, 4.69) is 6.08 Å². The Kier molecular flexibility index (Phi) is 6.34. The molecule has 140 valence electrons. The van der Waals surface area contributed by atoms with E-state index in [1.165, 1.54) is 17.7 Å². The van der Waals surface area contributed by atoms with Crippen LogP contribution in [0.5, 0.6) is 0 Å². The third-order valence-electron chi connectivity index (χ3n) is 5.33. The molecule has 0 aliphatic heterocycles. The van der Waals surface area contributed by atoms with Crippen LogP contribution < -0.4 is 0 Å². The standard InChI is InChI=1S/C23H22F3N/c24-12-2-1-3-16-4-6-17(7-5-16)18-8-10-19(11-9-18)20-13-22(25)21(15-27)23(26)14-20/h1,3,8-11,13-14,16-17H,2,4-7,12H2/b3-1+. The summed E-state index contributed by atoms with van der Waals surface area (Å²) in [6.07, 6.45) is 8.96. The largest absolute Gasteiger partial charge is 0.251 e. The monoisotopic (exact) mass is 369 g/mol. The van der Waals surface area contributed by atoms with Gasteiger partial charge in [0.05, 0.1) is 6.67 Å². The van der Waals surface area contributed by atoms with Crippen LogP contribution in [0.4, 0.5) is 13.2 Å². The van der Waals surface area contributed by atoms with Crippen LogP contribution in [0.15, 0.2) is 48.6 Å². The number of alkyl halides is 1. The van der Waals surface area contributed by atoms with E-state index in [9.17, 15) is 13.2 Å². The Morgan fingerprint density at radius 1 is 0.963 bits per heavy atom. The van der Waals surface area contributed by atoms with Crippen molar-refractivity contribution >= 4 is 0 Å². The minimum atomic E-state index is -0.837. The van der Waals surface area contributed by atoms with Crippen molar-refractivity contribution in [2.75, 3.05) is 6.67 Å². The van der Waals surface area contributed by atoms with E-state index in [-0.39, 0.29) is 6.67 Å². The molecule has 0 heterocycles. The van der Waals surface area contributed by atoms with Crippen molar-refractivity contribution < 1.29 is 13.2 Å². The van der Waals surface area contributed by atoms with Gasteiger partial charge in [-0.25, -0.2) is 8.78 Å². The highest BCUT2D eigenvalue weighted by Gasteiger charge is 2.21. The molecule has 27 heavy (non-hydrogen) atoms. The first-order valence-electron chi connectivity index (χ1n) is 9.34. The molecule has 4 heteroatoms. The van der Waals surface area contributed by atoms with E-state index < -0.39 is 17.2 Å².